The summed E-state index contributed by atoms with van der Waals surface area (Å²) in [7, 11) is -2.80. The quantitative estimate of drug-likeness (QED) is 0.607. The highest BCUT2D eigenvalue weighted by atomic mass is 32.2. The Morgan fingerprint density at radius 2 is 1.65 bits per heavy atom. The lowest BCUT2D eigenvalue weighted by molar-refractivity contribution is 0.216. The van der Waals surface area contributed by atoms with Gasteiger partial charge in [-0.1, -0.05) is 13.8 Å². The molecule has 0 aromatic rings. The summed E-state index contributed by atoms with van der Waals surface area (Å²) in [5.41, 5.74) is 0.470. The predicted octanol–water partition coefficient (Wildman–Crippen LogP) is 2.09. The number of nitrogens with zero attached hydrogens (tertiary/aromatic N) is 1. The average Bonchev–Trinajstić information content (AvgIpc) is 3.21. The summed E-state index contributed by atoms with van der Waals surface area (Å²) in [4.78, 5) is 4.71. The maximum atomic E-state index is 11.6. The van der Waals surface area contributed by atoms with Gasteiger partial charge < -0.3 is 10.6 Å². The average molecular weight is 342 g/mol. The van der Waals surface area contributed by atoms with Gasteiger partial charge in [-0.3, -0.25) is 4.99 Å². The molecule has 0 radical (unpaired) electrons. The number of hydrogen-bond donors (Lipinski definition) is 2. The number of guanidine groups is 1. The van der Waals surface area contributed by atoms with Crippen molar-refractivity contribution in [2.75, 3.05) is 18.1 Å². The van der Waals surface area contributed by atoms with Crippen molar-refractivity contribution in [1.29, 1.82) is 0 Å². The van der Waals surface area contributed by atoms with E-state index in [0.29, 0.717) is 35.5 Å². The highest BCUT2D eigenvalue weighted by Gasteiger charge is 2.30. The molecule has 2 aliphatic carbocycles. The van der Waals surface area contributed by atoms with Gasteiger partial charge in [0.15, 0.2) is 15.8 Å². The minimum Gasteiger partial charge on any atom is -0.354 e. The van der Waals surface area contributed by atoms with Gasteiger partial charge in [-0.15, -0.1) is 0 Å². The van der Waals surface area contributed by atoms with Crippen LogP contribution in [-0.4, -0.2) is 44.5 Å². The van der Waals surface area contributed by atoms with Crippen molar-refractivity contribution < 1.29 is 8.42 Å². The monoisotopic (exact) mass is 341 g/mol. The molecule has 0 amide bonds. The first-order valence-corrected chi connectivity index (χ1v) is 10.9. The van der Waals surface area contributed by atoms with Crippen LogP contribution in [0.15, 0.2) is 4.99 Å². The van der Waals surface area contributed by atoms with Crippen LogP contribution in [0.1, 0.15) is 58.8 Å². The third-order valence-corrected chi connectivity index (χ3v) is 7.27. The van der Waals surface area contributed by atoms with Gasteiger partial charge in [0.05, 0.1) is 11.5 Å². The van der Waals surface area contributed by atoms with E-state index in [9.17, 15) is 8.42 Å². The van der Waals surface area contributed by atoms with E-state index in [0.717, 1.165) is 12.4 Å². The van der Waals surface area contributed by atoms with Crippen LogP contribution in [0.25, 0.3) is 0 Å². The Kier molecular flexibility index (Phi) is 4.90. The van der Waals surface area contributed by atoms with E-state index in [1.807, 2.05) is 0 Å². The molecule has 2 N–H and O–H groups in total. The fraction of sp³-hybridized carbons (Fsp3) is 0.941. The second-order valence-electron chi connectivity index (χ2n) is 8.46. The summed E-state index contributed by atoms with van der Waals surface area (Å²) in [6, 6.07) is 1.06. The molecule has 1 saturated heterocycles. The van der Waals surface area contributed by atoms with Crippen LogP contribution in [0.3, 0.4) is 0 Å². The molecular formula is C17H31N3O2S. The molecule has 0 bridgehead atoms. The summed E-state index contributed by atoms with van der Waals surface area (Å²) < 4.78 is 23.1. The molecule has 1 unspecified atom stereocenters. The van der Waals surface area contributed by atoms with Crippen molar-refractivity contribution in [3.8, 4) is 0 Å². The second kappa shape index (κ2) is 6.61. The molecule has 1 heterocycles. The maximum absolute atomic E-state index is 11.6. The van der Waals surface area contributed by atoms with E-state index in [1.54, 1.807) is 0 Å². The molecule has 0 aromatic carbocycles. The molecule has 3 fully saturated rings. The molecule has 1 atom stereocenters. The van der Waals surface area contributed by atoms with E-state index in [1.165, 1.54) is 38.5 Å². The largest absolute Gasteiger partial charge is 0.354 e. The van der Waals surface area contributed by atoms with Crippen molar-refractivity contribution in [3.63, 3.8) is 0 Å². The zero-order chi connectivity index (χ0) is 16.5. The zero-order valence-electron chi connectivity index (χ0n) is 14.5. The van der Waals surface area contributed by atoms with Gasteiger partial charge in [0, 0.05) is 18.6 Å². The van der Waals surface area contributed by atoms with Gasteiger partial charge in [0.2, 0.25) is 0 Å². The molecule has 2 saturated carbocycles. The SMILES string of the molecule is CC1(C)CCC(NC(=NCC2CCS(=O)(=O)C2)NC2CC2)CC1. The third kappa shape index (κ3) is 5.37. The summed E-state index contributed by atoms with van der Waals surface area (Å²) in [5, 5.41) is 7.09. The van der Waals surface area contributed by atoms with E-state index in [2.05, 4.69) is 24.5 Å². The van der Waals surface area contributed by atoms with Crippen molar-refractivity contribution in [2.45, 2.75) is 70.9 Å². The molecule has 0 aromatic heterocycles. The first kappa shape index (κ1) is 17.1. The van der Waals surface area contributed by atoms with Crippen molar-refractivity contribution in [1.82, 2.24) is 10.6 Å². The van der Waals surface area contributed by atoms with Crippen LogP contribution in [0, 0.1) is 11.3 Å². The summed E-state index contributed by atoms with van der Waals surface area (Å²) >= 11 is 0. The van der Waals surface area contributed by atoms with Crippen LogP contribution in [-0.2, 0) is 9.84 Å². The molecule has 0 spiro atoms. The zero-order valence-corrected chi connectivity index (χ0v) is 15.3. The van der Waals surface area contributed by atoms with E-state index < -0.39 is 9.84 Å². The normalized spacial score (nSPS) is 31.0. The Bertz CT molecular complexity index is 542. The molecule has 23 heavy (non-hydrogen) atoms. The first-order chi connectivity index (χ1) is 10.8. The Hall–Kier alpha value is -0.780. The fourth-order valence-electron chi connectivity index (χ4n) is 3.53. The van der Waals surface area contributed by atoms with Gasteiger partial charge in [-0.25, -0.2) is 8.42 Å². The lowest BCUT2D eigenvalue weighted by Crippen LogP contribution is -2.46. The summed E-state index contributed by atoms with van der Waals surface area (Å²) in [6.45, 7) is 5.32. The lowest BCUT2D eigenvalue weighted by Gasteiger charge is -2.35. The molecular weight excluding hydrogens is 310 g/mol. The minimum atomic E-state index is -2.80. The molecule has 3 aliphatic rings. The van der Waals surface area contributed by atoms with Crippen LogP contribution in [0.4, 0.5) is 0 Å². The highest BCUT2D eigenvalue weighted by molar-refractivity contribution is 7.91. The standard InChI is InChI=1S/C17H31N3O2S/c1-17(2)8-5-15(6-9-17)20-16(19-14-3-4-14)18-11-13-7-10-23(21,22)12-13/h13-15H,3-12H2,1-2H3,(H2,18,19,20). The third-order valence-electron chi connectivity index (χ3n) is 5.43. The maximum Gasteiger partial charge on any atom is 0.191 e. The minimum absolute atomic E-state index is 0.197. The fourth-order valence-corrected chi connectivity index (χ4v) is 5.38. The molecule has 5 nitrogen and oxygen atoms in total. The molecule has 1 aliphatic heterocycles. The van der Waals surface area contributed by atoms with E-state index in [4.69, 9.17) is 4.99 Å². The van der Waals surface area contributed by atoms with Crippen molar-refractivity contribution in [3.05, 3.63) is 0 Å². The van der Waals surface area contributed by atoms with Gasteiger partial charge >= 0.3 is 0 Å². The van der Waals surface area contributed by atoms with E-state index in [-0.39, 0.29) is 5.92 Å². The Balaban J connectivity index is 1.53. The van der Waals surface area contributed by atoms with Crippen LogP contribution in [0.5, 0.6) is 0 Å². The van der Waals surface area contributed by atoms with Crippen LogP contribution < -0.4 is 10.6 Å². The Morgan fingerprint density at radius 3 is 2.17 bits per heavy atom. The second-order valence-corrected chi connectivity index (χ2v) is 10.7. The molecule has 6 heteroatoms. The first-order valence-electron chi connectivity index (χ1n) is 9.09. The topological polar surface area (TPSA) is 70.6 Å². The van der Waals surface area contributed by atoms with Crippen molar-refractivity contribution >= 4 is 15.8 Å². The van der Waals surface area contributed by atoms with Crippen LogP contribution >= 0.6 is 0 Å². The number of sulfone groups is 1. The Morgan fingerprint density at radius 1 is 1.04 bits per heavy atom. The number of aliphatic imine (C=N–C) groups is 1. The summed E-state index contributed by atoms with van der Waals surface area (Å²) in [5.74, 6) is 1.75. The van der Waals surface area contributed by atoms with E-state index >= 15 is 0 Å². The van der Waals surface area contributed by atoms with Gasteiger partial charge in [-0.05, 0) is 56.3 Å². The number of hydrogen-bond acceptors (Lipinski definition) is 3. The lowest BCUT2D eigenvalue weighted by atomic mass is 9.75. The van der Waals surface area contributed by atoms with Gasteiger partial charge in [0.1, 0.15) is 0 Å². The predicted molar refractivity (Wildman–Crippen MR) is 94.4 cm³/mol. The number of nitrogens with one attached hydrogen (secondary N) is 2. The summed E-state index contributed by atoms with van der Waals surface area (Å²) in [6.07, 6.45) is 8.09. The smallest absolute Gasteiger partial charge is 0.191 e. The highest BCUT2D eigenvalue weighted by Crippen LogP contribution is 2.35. The Labute approximate surface area is 140 Å². The molecule has 3 rings (SSSR count). The molecule has 132 valence electrons. The number of rotatable bonds is 4. The van der Waals surface area contributed by atoms with Crippen molar-refractivity contribution in [2.24, 2.45) is 16.3 Å². The van der Waals surface area contributed by atoms with Gasteiger partial charge in [0.25, 0.3) is 0 Å². The van der Waals surface area contributed by atoms with Crippen LogP contribution in [0.2, 0.25) is 0 Å². The van der Waals surface area contributed by atoms with Gasteiger partial charge in [-0.2, -0.15) is 0 Å².